The Morgan fingerprint density at radius 1 is 0.945 bits per heavy atom. The fourth-order valence-electron chi connectivity index (χ4n) is 8.32. The first-order valence-corrected chi connectivity index (χ1v) is 21.2. The molecule has 1 amide bonds. The Morgan fingerprint density at radius 2 is 1.71 bits per heavy atom. The van der Waals surface area contributed by atoms with Gasteiger partial charge in [-0.2, -0.15) is 4.98 Å². The van der Waals surface area contributed by atoms with Gasteiger partial charge < -0.3 is 19.3 Å². The number of benzene rings is 2. The van der Waals surface area contributed by atoms with E-state index >= 15 is 0 Å². The number of anilines is 2. The highest BCUT2D eigenvalue weighted by molar-refractivity contribution is 7.92. The van der Waals surface area contributed by atoms with Crippen LogP contribution in [-0.4, -0.2) is 73.1 Å². The van der Waals surface area contributed by atoms with Crippen LogP contribution in [0.25, 0.3) is 11.3 Å². The van der Waals surface area contributed by atoms with Crippen molar-refractivity contribution in [2.24, 2.45) is 11.3 Å². The Balaban J connectivity index is 1.35. The quantitative estimate of drug-likeness (QED) is 0.201. The molecule has 0 unspecified atom stereocenters. The molecule has 11 nitrogen and oxygen atoms in total. The van der Waals surface area contributed by atoms with E-state index in [0.29, 0.717) is 36.8 Å². The number of nitrogens with zero attached hydrogens (tertiary/aromatic N) is 5. The lowest BCUT2D eigenvalue weighted by molar-refractivity contribution is 0.0508. The summed E-state index contributed by atoms with van der Waals surface area (Å²) in [4.78, 5) is 33.2. The van der Waals surface area contributed by atoms with Crippen molar-refractivity contribution in [3.05, 3.63) is 88.7 Å². The van der Waals surface area contributed by atoms with Gasteiger partial charge in [-0.1, -0.05) is 77.1 Å². The van der Waals surface area contributed by atoms with Crippen molar-refractivity contribution in [3.8, 4) is 17.1 Å². The third-order valence-corrected chi connectivity index (χ3v) is 12.4. The van der Waals surface area contributed by atoms with Crippen molar-refractivity contribution in [2.45, 2.75) is 97.0 Å². The van der Waals surface area contributed by atoms with E-state index in [0.717, 1.165) is 42.0 Å². The second kappa shape index (κ2) is 16.3. The number of rotatable bonds is 7. The summed E-state index contributed by atoms with van der Waals surface area (Å²) in [6.45, 7) is 13.4. The molecule has 4 heterocycles. The Morgan fingerprint density at radius 3 is 2.47 bits per heavy atom. The molecule has 1 atom stereocenters. The number of hydrogen-bond acceptors (Lipinski definition) is 9. The molecule has 1 saturated carbocycles. The monoisotopic (exact) mass is 766 g/mol. The number of ether oxygens (including phenoxy) is 2. The SMILES string of the molecule is Cc1cccc(CC2CCCCC2)c1-c1nc2nc(c1C)OC[C@@H](CC(C)(C)C)N(Cc1ncccc1N1CCOCC1)C(=O)c1cccc(c1)S(=O)(=O)N2. The van der Waals surface area contributed by atoms with Crippen LogP contribution in [0.1, 0.15) is 92.0 Å². The molecule has 1 saturated heterocycles. The molecular weight excluding hydrogens is 713 g/mol. The molecule has 2 aliphatic heterocycles. The minimum atomic E-state index is -4.21. The number of hydrogen-bond donors (Lipinski definition) is 1. The number of amides is 1. The van der Waals surface area contributed by atoms with Gasteiger partial charge in [0.1, 0.15) is 6.61 Å². The van der Waals surface area contributed by atoms with Crippen LogP contribution in [0, 0.1) is 25.2 Å². The lowest BCUT2D eigenvalue weighted by Gasteiger charge is -2.37. The average Bonchev–Trinajstić information content (AvgIpc) is 3.17. The van der Waals surface area contributed by atoms with Crippen molar-refractivity contribution in [1.29, 1.82) is 0 Å². The van der Waals surface area contributed by atoms with E-state index in [-0.39, 0.29) is 46.8 Å². The second-order valence-corrected chi connectivity index (χ2v) is 18.2. The molecular formula is C43H54N6O5S. The largest absolute Gasteiger partial charge is 0.475 e. The lowest BCUT2D eigenvalue weighted by Crippen LogP contribution is -2.46. The van der Waals surface area contributed by atoms with Crippen LogP contribution >= 0.6 is 0 Å². The number of pyridine rings is 1. The highest BCUT2D eigenvalue weighted by Crippen LogP contribution is 2.38. The molecule has 0 spiro atoms. The summed E-state index contributed by atoms with van der Waals surface area (Å²) >= 11 is 0. The fraction of sp³-hybridized carbons (Fsp3) is 0.488. The molecule has 3 aliphatic rings. The first-order chi connectivity index (χ1) is 26.4. The fourth-order valence-corrected chi connectivity index (χ4v) is 9.31. The number of aromatic nitrogens is 3. The van der Waals surface area contributed by atoms with Gasteiger partial charge in [0.15, 0.2) is 0 Å². The van der Waals surface area contributed by atoms with Gasteiger partial charge in [-0.05, 0) is 79.5 Å². The van der Waals surface area contributed by atoms with Crippen LogP contribution in [0.5, 0.6) is 5.88 Å². The number of fused-ring (bicyclic) bond motifs is 4. The Labute approximate surface area is 325 Å². The normalized spacial score (nSPS) is 19.4. The van der Waals surface area contributed by atoms with Gasteiger partial charge in [0, 0.05) is 36.0 Å². The number of nitrogens with one attached hydrogen (secondary N) is 1. The predicted molar refractivity (Wildman–Crippen MR) is 215 cm³/mol. The van der Waals surface area contributed by atoms with E-state index in [9.17, 15) is 13.2 Å². The van der Waals surface area contributed by atoms with Crippen molar-refractivity contribution < 1.29 is 22.7 Å². The molecule has 12 heteroatoms. The van der Waals surface area contributed by atoms with Crippen molar-refractivity contribution in [3.63, 3.8) is 0 Å². The maximum atomic E-state index is 14.8. The first kappa shape index (κ1) is 38.7. The lowest BCUT2D eigenvalue weighted by atomic mass is 9.82. The van der Waals surface area contributed by atoms with E-state index in [1.807, 2.05) is 19.1 Å². The maximum Gasteiger partial charge on any atom is 0.264 e. The van der Waals surface area contributed by atoms with Crippen molar-refractivity contribution >= 4 is 27.6 Å². The standard InChI is InChI=1S/C43H54N6O5S/c1-29-12-9-15-32(24-31-13-7-6-8-14-31)38(29)39-30(2)40-46-42(45-39)47-55(51,52)35-17-10-16-33(25-35)41(50)49(34(28-54-40)26-43(3,4)5)27-36-37(18-11-19-44-36)48-20-22-53-23-21-48/h9-12,15-19,25,31,34H,6-8,13-14,20-24,26-28H2,1-5H3,(H,45,46,47)/t34-/m1/s1. The highest BCUT2D eigenvalue weighted by atomic mass is 32.2. The smallest absolute Gasteiger partial charge is 0.264 e. The Hall–Kier alpha value is -4.55. The zero-order valence-corrected chi connectivity index (χ0v) is 33.6. The zero-order valence-electron chi connectivity index (χ0n) is 32.8. The molecule has 292 valence electrons. The van der Waals surface area contributed by atoms with Crippen molar-refractivity contribution in [1.82, 2.24) is 19.9 Å². The average molecular weight is 767 g/mol. The number of carbonyl (C=O) groups is 1. The maximum absolute atomic E-state index is 14.8. The van der Waals surface area contributed by atoms with Crippen LogP contribution < -0.4 is 14.4 Å². The molecule has 4 aromatic rings. The van der Waals surface area contributed by atoms with Gasteiger partial charge in [0.25, 0.3) is 15.9 Å². The zero-order chi connectivity index (χ0) is 38.7. The van der Waals surface area contributed by atoms with Gasteiger partial charge >= 0.3 is 0 Å². The molecule has 7 rings (SSSR count). The van der Waals surface area contributed by atoms with Crippen LogP contribution in [0.3, 0.4) is 0 Å². The van der Waals surface area contributed by atoms with Crippen LogP contribution in [0.15, 0.2) is 65.7 Å². The van der Waals surface area contributed by atoms with Gasteiger partial charge in [-0.15, -0.1) is 0 Å². The molecule has 2 aromatic heterocycles. The Kier molecular flexibility index (Phi) is 11.5. The minimum absolute atomic E-state index is 0.0566. The summed E-state index contributed by atoms with van der Waals surface area (Å²) < 4.78 is 43.1. The summed E-state index contributed by atoms with van der Waals surface area (Å²) in [5, 5.41) is 0. The molecule has 1 N–H and O–H groups in total. The summed E-state index contributed by atoms with van der Waals surface area (Å²) in [7, 11) is -4.21. The van der Waals surface area contributed by atoms with E-state index in [4.69, 9.17) is 24.4 Å². The van der Waals surface area contributed by atoms with Gasteiger partial charge in [0.05, 0.1) is 47.8 Å². The topological polar surface area (TPSA) is 127 Å². The summed E-state index contributed by atoms with van der Waals surface area (Å²) in [6, 6.07) is 16.0. The Bertz CT molecular complexity index is 2120. The van der Waals surface area contributed by atoms with Gasteiger partial charge in [-0.25, -0.2) is 18.1 Å². The van der Waals surface area contributed by atoms with Crippen molar-refractivity contribution in [2.75, 3.05) is 42.5 Å². The number of sulfonamides is 1. The van der Waals surface area contributed by atoms with Crippen LogP contribution in [-0.2, 0) is 27.7 Å². The van der Waals surface area contributed by atoms with E-state index < -0.39 is 16.1 Å². The first-order valence-electron chi connectivity index (χ1n) is 19.7. The summed E-state index contributed by atoms with van der Waals surface area (Å²) in [5.41, 5.74) is 6.32. The van der Waals surface area contributed by atoms with E-state index in [1.54, 1.807) is 23.2 Å². The third kappa shape index (κ3) is 8.96. The highest BCUT2D eigenvalue weighted by Gasteiger charge is 2.33. The molecule has 55 heavy (non-hydrogen) atoms. The minimum Gasteiger partial charge on any atom is -0.475 e. The van der Waals surface area contributed by atoms with Crippen LogP contribution in [0.2, 0.25) is 0 Å². The van der Waals surface area contributed by atoms with Gasteiger partial charge in [-0.3, -0.25) is 9.78 Å². The number of aryl methyl sites for hydroxylation is 1. The second-order valence-electron chi connectivity index (χ2n) is 16.5. The van der Waals surface area contributed by atoms with E-state index in [1.165, 1.54) is 49.8 Å². The van der Waals surface area contributed by atoms with Crippen LogP contribution in [0.4, 0.5) is 11.6 Å². The molecule has 0 radical (unpaired) electrons. The summed E-state index contributed by atoms with van der Waals surface area (Å²) in [5.74, 6) is 0.476. The number of carbonyl (C=O) groups excluding carboxylic acids is 1. The predicted octanol–water partition coefficient (Wildman–Crippen LogP) is 7.76. The number of morpholine rings is 1. The molecule has 4 bridgehead atoms. The molecule has 1 aliphatic carbocycles. The van der Waals surface area contributed by atoms with E-state index in [2.05, 4.69) is 55.5 Å². The third-order valence-electron chi connectivity index (χ3n) is 11.0. The molecule has 2 aromatic carbocycles. The van der Waals surface area contributed by atoms with Gasteiger partial charge in [0.2, 0.25) is 11.8 Å². The summed E-state index contributed by atoms with van der Waals surface area (Å²) in [6.07, 6.45) is 9.44. The molecule has 2 fully saturated rings.